The Balaban J connectivity index is 3.10. The lowest BCUT2D eigenvalue weighted by Gasteiger charge is -2.38. The Morgan fingerprint density at radius 3 is 2.04 bits per heavy atom. The highest BCUT2D eigenvalue weighted by molar-refractivity contribution is 5.09. The van der Waals surface area contributed by atoms with Crippen molar-refractivity contribution in [3.05, 3.63) is 12.2 Å². The summed E-state index contributed by atoms with van der Waals surface area (Å²) in [6.07, 6.45) is 2.82. The van der Waals surface area contributed by atoms with E-state index in [2.05, 4.69) is 67.0 Å². The summed E-state index contributed by atoms with van der Waals surface area (Å²) < 4.78 is 5.96. The zero-order chi connectivity index (χ0) is 18.6. The first-order valence-electron chi connectivity index (χ1n) is 10.0. The van der Waals surface area contributed by atoms with Crippen molar-refractivity contribution in [2.24, 2.45) is 35.5 Å². The number of hydrogen-bond acceptors (Lipinski definition) is 2. The van der Waals surface area contributed by atoms with Crippen LogP contribution in [0.15, 0.2) is 12.2 Å². The highest BCUT2D eigenvalue weighted by Gasteiger charge is 2.33. The topological polar surface area (TPSA) is 12.5 Å². The number of ether oxygens (including phenoxy) is 1. The molecule has 142 valence electrons. The molecular weight excluding hydrogens is 294 g/mol. The van der Waals surface area contributed by atoms with Crippen LogP contribution in [-0.4, -0.2) is 37.7 Å². The average Bonchev–Trinajstić information content (AvgIpc) is 2.51. The molecule has 1 saturated heterocycles. The SMILES string of the molecule is C=C1C(C)[C@@H](OC)[C@H](C)C[C@@H](C)C[C@@H](C)CN(C)C(C)C(C)[C@H]1C. The Morgan fingerprint density at radius 1 is 0.917 bits per heavy atom. The molecule has 0 aromatic rings. The second-order valence-electron chi connectivity index (χ2n) is 9.05. The van der Waals surface area contributed by atoms with Crippen LogP contribution in [0.2, 0.25) is 0 Å². The Morgan fingerprint density at radius 2 is 1.50 bits per heavy atom. The Bertz CT molecular complexity index is 393. The highest BCUT2D eigenvalue weighted by Crippen LogP contribution is 2.36. The molecule has 0 saturated carbocycles. The van der Waals surface area contributed by atoms with Gasteiger partial charge in [-0.3, -0.25) is 0 Å². The third-order valence-corrected chi connectivity index (χ3v) is 6.92. The third-order valence-electron chi connectivity index (χ3n) is 6.92. The fraction of sp³-hybridized carbons (Fsp3) is 0.909. The van der Waals surface area contributed by atoms with E-state index < -0.39 is 0 Å². The lowest BCUT2D eigenvalue weighted by molar-refractivity contribution is 0.0165. The minimum atomic E-state index is 0.277. The van der Waals surface area contributed by atoms with E-state index in [9.17, 15) is 0 Å². The number of methoxy groups -OCH3 is 1. The molecule has 1 aliphatic rings. The van der Waals surface area contributed by atoms with Gasteiger partial charge in [0.25, 0.3) is 0 Å². The molecule has 0 N–H and O–H groups in total. The van der Waals surface area contributed by atoms with Crippen molar-refractivity contribution < 1.29 is 4.74 Å². The van der Waals surface area contributed by atoms with Crippen LogP contribution in [0.3, 0.4) is 0 Å². The lowest BCUT2D eigenvalue weighted by Crippen LogP contribution is -2.40. The second-order valence-corrected chi connectivity index (χ2v) is 9.05. The first-order valence-corrected chi connectivity index (χ1v) is 10.0. The van der Waals surface area contributed by atoms with Gasteiger partial charge in [0.05, 0.1) is 6.10 Å². The van der Waals surface area contributed by atoms with Crippen molar-refractivity contribution in [2.45, 2.75) is 73.5 Å². The lowest BCUT2D eigenvalue weighted by atomic mass is 9.75. The minimum Gasteiger partial charge on any atom is -0.381 e. The third kappa shape index (κ3) is 5.33. The maximum absolute atomic E-state index is 5.96. The van der Waals surface area contributed by atoms with Crippen molar-refractivity contribution in [1.82, 2.24) is 4.90 Å². The van der Waals surface area contributed by atoms with Crippen molar-refractivity contribution in [3.8, 4) is 0 Å². The van der Waals surface area contributed by atoms with Gasteiger partial charge in [0, 0.05) is 25.6 Å². The van der Waals surface area contributed by atoms with E-state index in [1.54, 1.807) is 0 Å². The van der Waals surface area contributed by atoms with Gasteiger partial charge in [-0.15, -0.1) is 0 Å². The molecule has 0 aromatic carbocycles. The molecule has 0 radical (unpaired) electrons. The van der Waals surface area contributed by atoms with Crippen LogP contribution in [0.25, 0.3) is 0 Å². The van der Waals surface area contributed by atoms with Crippen LogP contribution in [0.4, 0.5) is 0 Å². The van der Waals surface area contributed by atoms with Crippen molar-refractivity contribution in [1.29, 1.82) is 0 Å². The van der Waals surface area contributed by atoms with E-state index in [0.29, 0.717) is 29.7 Å². The van der Waals surface area contributed by atoms with Gasteiger partial charge in [-0.1, -0.05) is 53.7 Å². The maximum atomic E-state index is 5.96. The molecule has 0 spiro atoms. The summed E-state index contributed by atoms with van der Waals surface area (Å²) >= 11 is 0. The smallest absolute Gasteiger partial charge is 0.0659 e. The second kappa shape index (κ2) is 9.38. The van der Waals surface area contributed by atoms with Crippen LogP contribution >= 0.6 is 0 Å². The summed E-state index contributed by atoms with van der Waals surface area (Å²) in [4.78, 5) is 2.56. The summed E-state index contributed by atoms with van der Waals surface area (Å²) in [5.41, 5.74) is 1.36. The molecule has 8 atom stereocenters. The quantitative estimate of drug-likeness (QED) is 0.587. The summed E-state index contributed by atoms with van der Waals surface area (Å²) in [6.45, 7) is 22.3. The van der Waals surface area contributed by atoms with Crippen LogP contribution in [0.5, 0.6) is 0 Å². The van der Waals surface area contributed by atoms with Gasteiger partial charge in [0.15, 0.2) is 0 Å². The summed E-state index contributed by atoms with van der Waals surface area (Å²) in [5, 5.41) is 0. The highest BCUT2D eigenvalue weighted by atomic mass is 16.5. The van der Waals surface area contributed by atoms with E-state index in [1.807, 2.05) is 7.11 Å². The molecule has 24 heavy (non-hydrogen) atoms. The Kier molecular flexibility index (Phi) is 8.48. The summed E-state index contributed by atoms with van der Waals surface area (Å²) in [7, 11) is 4.17. The monoisotopic (exact) mass is 337 g/mol. The van der Waals surface area contributed by atoms with Gasteiger partial charge < -0.3 is 9.64 Å². The van der Waals surface area contributed by atoms with Gasteiger partial charge in [0.1, 0.15) is 0 Å². The number of rotatable bonds is 1. The zero-order valence-corrected chi connectivity index (χ0v) is 17.8. The molecule has 1 aliphatic heterocycles. The summed E-state index contributed by atoms with van der Waals surface area (Å²) in [5.74, 6) is 3.57. The molecule has 0 aliphatic carbocycles. The first-order chi connectivity index (χ1) is 11.1. The van der Waals surface area contributed by atoms with E-state index >= 15 is 0 Å². The molecule has 0 aromatic heterocycles. The average molecular weight is 338 g/mol. The van der Waals surface area contributed by atoms with Gasteiger partial charge in [0.2, 0.25) is 0 Å². The molecular formula is C22H43NO. The largest absolute Gasteiger partial charge is 0.381 e. The normalized spacial score (nSPS) is 44.5. The molecule has 1 fully saturated rings. The fourth-order valence-electron chi connectivity index (χ4n) is 5.00. The van der Waals surface area contributed by atoms with Gasteiger partial charge >= 0.3 is 0 Å². The molecule has 3 unspecified atom stereocenters. The Hall–Kier alpha value is -0.340. The molecule has 1 rings (SSSR count). The van der Waals surface area contributed by atoms with E-state index in [4.69, 9.17) is 4.74 Å². The molecule has 1 heterocycles. The number of nitrogens with zero attached hydrogens (tertiary/aromatic N) is 1. The van der Waals surface area contributed by atoms with Gasteiger partial charge in [-0.25, -0.2) is 0 Å². The first kappa shape index (κ1) is 21.7. The molecule has 0 amide bonds. The predicted molar refractivity (Wildman–Crippen MR) is 106 cm³/mol. The standard InChI is InChI=1S/C22H43NO/c1-14-11-15(2)13-23(9)21(8)19(6)17(4)18(5)20(7)22(24-10)16(3)12-14/h14-17,19-22H,5,11-13H2,1-4,6-10H3/t14-,15+,16+,17-,19?,20?,21?,22-/m0/s1. The van der Waals surface area contributed by atoms with Gasteiger partial charge in [-0.05, 0) is 56.4 Å². The van der Waals surface area contributed by atoms with E-state index in [0.717, 1.165) is 11.8 Å². The van der Waals surface area contributed by atoms with Crippen LogP contribution in [0.1, 0.15) is 61.3 Å². The molecule has 0 bridgehead atoms. The van der Waals surface area contributed by atoms with E-state index in [-0.39, 0.29) is 6.10 Å². The molecule has 2 nitrogen and oxygen atoms in total. The Labute approximate surface area is 152 Å². The maximum Gasteiger partial charge on any atom is 0.0659 e. The van der Waals surface area contributed by atoms with Crippen molar-refractivity contribution in [2.75, 3.05) is 20.7 Å². The predicted octanol–water partition coefficient (Wildman–Crippen LogP) is 5.49. The van der Waals surface area contributed by atoms with Crippen LogP contribution < -0.4 is 0 Å². The van der Waals surface area contributed by atoms with E-state index in [1.165, 1.54) is 25.0 Å². The molecule has 2 heteroatoms. The van der Waals surface area contributed by atoms with Crippen molar-refractivity contribution in [3.63, 3.8) is 0 Å². The number of hydrogen-bond donors (Lipinski definition) is 0. The fourth-order valence-corrected chi connectivity index (χ4v) is 5.00. The van der Waals surface area contributed by atoms with Gasteiger partial charge in [-0.2, -0.15) is 0 Å². The van der Waals surface area contributed by atoms with Crippen LogP contribution in [-0.2, 0) is 4.74 Å². The van der Waals surface area contributed by atoms with Crippen LogP contribution in [0, 0.1) is 35.5 Å². The van der Waals surface area contributed by atoms with Crippen molar-refractivity contribution >= 4 is 0 Å². The zero-order valence-electron chi connectivity index (χ0n) is 17.8. The summed E-state index contributed by atoms with van der Waals surface area (Å²) in [6, 6.07) is 0.570. The minimum absolute atomic E-state index is 0.277.